The highest BCUT2D eigenvalue weighted by molar-refractivity contribution is 7.90. The fourth-order valence-electron chi connectivity index (χ4n) is 5.71. The molecule has 2 aliphatic heterocycles. The first-order valence-corrected chi connectivity index (χ1v) is 15.9. The topological polar surface area (TPSA) is 169 Å². The number of amides is 1. The number of carbonyl (C=O) groups is 1. The van der Waals surface area contributed by atoms with Crippen molar-refractivity contribution in [2.24, 2.45) is 0 Å². The van der Waals surface area contributed by atoms with E-state index in [1.54, 1.807) is 24.4 Å². The van der Waals surface area contributed by atoms with Gasteiger partial charge in [-0.1, -0.05) is 12.1 Å². The highest BCUT2D eigenvalue weighted by atomic mass is 32.2. The predicted molar refractivity (Wildman–Crippen MR) is 162 cm³/mol. The fraction of sp³-hybridized carbons (Fsp3) is 0.333. The molecule has 0 spiro atoms. The number of ether oxygens (including phenoxy) is 2. The van der Waals surface area contributed by atoms with Crippen LogP contribution in [-0.2, 0) is 14.8 Å². The Morgan fingerprint density at radius 3 is 2.61 bits per heavy atom. The van der Waals surface area contributed by atoms with E-state index in [2.05, 4.69) is 20.2 Å². The molecule has 0 aliphatic carbocycles. The monoisotopic (exact) mass is 620 g/mol. The second-order valence-corrected chi connectivity index (χ2v) is 12.5. The average Bonchev–Trinajstić information content (AvgIpc) is 3.50. The molecule has 6 rings (SSSR count). The number of nitrogens with one attached hydrogen (secondary N) is 3. The van der Waals surface area contributed by atoms with Crippen LogP contribution in [0.5, 0.6) is 11.5 Å². The molecule has 1 amide bonds. The van der Waals surface area contributed by atoms with E-state index in [-0.39, 0.29) is 28.7 Å². The van der Waals surface area contributed by atoms with E-state index in [9.17, 15) is 23.3 Å². The van der Waals surface area contributed by atoms with Crippen molar-refractivity contribution < 1.29 is 27.6 Å². The minimum absolute atomic E-state index is 0.0107. The van der Waals surface area contributed by atoms with Crippen molar-refractivity contribution in [3.05, 3.63) is 82.7 Å². The van der Waals surface area contributed by atoms with Crippen molar-refractivity contribution in [1.29, 1.82) is 0 Å². The maximum absolute atomic E-state index is 13.2. The van der Waals surface area contributed by atoms with Crippen LogP contribution >= 0.6 is 0 Å². The maximum atomic E-state index is 13.2. The van der Waals surface area contributed by atoms with Gasteiger partial charge in [-0.3, -0.25) is 14.9 Å². The van der Waals surface area contributed by atoms with Gasteiger partial charge < -0.3 is 24.7 Å². The number of hydrogen-bond acceptors (Lipinski definition) is 10. The number of benzene rings is 2. The molecule has 14 heteroatoms. The van der Waals surface area contributed by atoms with Crippen molar-refractivity contribution in [3.8, 4) is 11.5 Å². The third kappa shape index (κ3) is 6.51. The summed E-state index contributed by atoms with van der Waals surface area (Å²) in [6, 6.07) is 13.8. The molecule has 2 aliphatic rings. The number of carbonyl (C=O) groups excluding carboxylic acids is 1. The number of rotatable bonds is 9. The lowest BCUT2D eigenvalue weighted by Crippen LogP contribution is -2.46. The predicted octanol–water partition coefficient (Wildman–Crippen LogP) is 4.44. The molecule has 2 aromatic heterocycles. The molecule has 13 nitrogen and oxygen atoms in total. The molecule has 3 N–H and O–H groups in total. The van der Waals surface area contributed by atoms with Crippen LogP contribution in [0.3, 0.4) is 0 Å². The summed E-state index contributed by atoms with van der Waals surface area (Å²) in [4.78, 5) is 33.8. The number of para-hydroxylation sites is 1. The quantitative estimate of drug-likeness (QED) is 0.180. The molecule has 44 heavy (non-hydrogen) atoms. The SMILES string of the molecule is O=C(NS(=O)(=O)c1ccc(NC2CCN(C3CCOCC3)CC2)c([N+](=O)[O-])c1)c1ccccc1Oc1cnc2[nH]ccc2c1. The number of piperidine rings is 1. The van der Waals surface area contributed by atoms with Gasteiger partial charge in [0, 0.05) is 56.0 Å². The first-order valence-electron chi connectivity index (χ1n) is 14.4. The molecule has 2 fully saturated rings. The first kappa shape index (κ1) is 29.5. The lowest BCUT2D eigenvalue weighted by molar-refractivity contribution is -0.384. The number of pyridine rings is 1. The van der Waals surface area contributed by atoms with Gasteiger partial charge in [0.15, 0.2) is 0 Å². The zero-order valence-corrected chi connectivity index (χ0v) is 24.6. The van der Waals surface area contributed by atoms with Gasteiger partial charge in [-0.05, 0) is 62.1 Å². The van der Waals surface area contributed by atoms with Crippen LogP contribution in [0.1, 0.15) is 36.0 Å². The molecule has 230 valence electrons. The minimum Gasteiger partial charge on any atom is -0.455 e. The van der Waals surface area contributed by atoms with Gasteiger partial charge in [0.05, 0.1) is 21.6 Å². The Labute approximate surface area is 253 Å². The molecular formula is C30H32N6O7S. The van der Waals surface area contributed by atoms with Crippen LogP contribution in [0.15, 0.2) is 71.9 Å². The molecule has 0 bridgehead atoms. The van der Waals surface area contributed by atoms with Crippen molar-refractivity contribution in [1.82, 2.24) is 19.6 Å². The van der Waals surface area contributed by atoms with Crippen LogP contribution in [0.2, 0.25) is 0 Å². The Hall–Kier alpha value is -4.53. The van der Waals surface area contributed by atoms with Gasteiger partial charge in [-0.2, -0.15) is 0 Å². The number of aromatic nitrogens is 2. The van der Waals surface area contributed by atoms with Gasteiger partial charge >= 0.3 is 0 Å². The molecule has 4 aromatic rings. The van der Waals surface area contributed by atoms with E-state index in [1.165, 1.54) is 30.5 Å². The van der Waals surface area contributed by atoms with E-state index >= 15 is 0 Å². The molecule has 0 saturated carbocycles. The molecule has 4 heterocycles. The van der Waals surface area contributed by atoms with E-state index < -0.39 is 25.7 Å². The summed E-state index contributed by atoms with van der Waals surface area (Å²) >= 11 is 0. The normalized spacial score (nSPS) is 16.9. The number of sulfonamides is 1. The summed E-state index contributed by atoms with van der Waals surface area (Å²) in [6.07, 6.45) is 6.85. The summed E-state index contributed by atoms with van der Waals surface area (Å²) in [5, 5.41) is 16.0. The second kappa shape index (κ2) is 12.6. The minimum atomic E-state index is -4.46. The first-order chi connectivity index (χ1) is 21.3. The van der Waals surface area contributed by atoms with E-state index in [1.807, 2.05) is 10.8 Å². The third-order valence-electron chi connectivity index (χ3n) is 8.03. The highest BCUT2D eigenvalue weighted by Crippen LogP contribution is 2.31. The Morgan fingerprint density at radius 2 is 1.84 bits per heavy atom. The number of likely N-dealkylation sites (tertiary alicyclic amines) is 1. The lowest BCUT2D eigenvalue weighted by atomic mass is 9.99. The summed E-state index contributed by atoms with van der Waals surface area (Å²) in [5.41, 5.74) is 0.478. The molecule has 0 unspecified atom stereocenters. The summed E-state index contributed by atoms with van der Waals surface area (Å²) in [5.74, 6) is -0.476. The van der Waals surface area contributed by atoms with Crippen LogP contribution in [0.25, 0.3) is 11.0 Å². The van der Waals surface area contributed by atoms with Crippen molar-refractivity contribution in [2.75, 3.05) is 31.6 Å². The van der Waals surface area contributed by atoms with Crippen molar-refractivity contribution >= 4 is 38.3 Å². The zero-order valence-electron chi connectivity index (χ0n) is 23.8. The second-order valence-electron chi connectivity index (χ2n) is 10.9. The third-order valence-corrected chi connectivity index (χ3v) is 9.36. The Morgan fingerprint density at radius 1 is 1.07 bits per heavy atom. The number of H-pyrrole nitrogens is 1. The van der Waals surface area contributed by atoms with E-state index in [0.29, 0.717) is 17.4 Å². The highest BCUT2D eigenvalue weighted by Gasteiger charge is 2.29. The van der Waals surface area contributed by atoms with Crippen molar-refractivity contribution in [2.45, 2.75) is 42.7 Å². The summed E-state index contributed by atoms with van der Waals surface area (Å²) in [6.45, 7) is 3.29. The average molecular weight is 621 g/mol. The van der Waals surface area contributed by atoms with Gasteiger partial charge in [0.2, 0.25) is 0 Å². The largest absolute Gasteiger partial charge is 0.455 e. The molecular weight excluding hydrogens is 588 g/mol. The van der Waals surface area contributed by atoms with Crippen molar-refractivity contribution in [3.63, 3.8) is 0 Å². The molecule has 0 atom stereocenters. The van der Waals surface area contributed by atoms with Crippen LogP contribution in [-0.4, -0.2) is 72.5 Å². The number of anilines is 1. The van der Waals surface area contributed by atoms with Gasteiger partial charge in [0.1, 0.15) is 22.8 Å². The summed E-state index contributed by atoms with van der Waals surface area (Å²) < 4.78 is 39.8. The smallest absolute Gasteiger partial charge is 0.293 e. The number of hydrogen-bond donors (Lipinski definition) is 3. The summed E-state index contributed by atoms with van der Waals surface area (Å²) in [7, 11) is -4.46. The maximum Gasteiger partial charge on any atom is 0.293 e. The Kier molecular flexibility index (Phi) is 8.46. The van der Waals surface area contributed by atoms with E-state index in [4.69, 9.17) is 9.47 Å². The number of nitrogens with zero attached hydrogens (tertiary/aromatic N) is 3. The lowest BCUT2D eigenvalue weighted by Gasteiger charge is -2.39. The molecule has 2 saturated heterocycles. The van der Waals surface area contributed by atoms with Gasteiger partial charge in [-0.25, -0.2) is 18.1 Å². The number of aromatic amines is 1. The fourth-order valence-corrected chi connectivity index (χ4v) is 6.70. The number of nitro groups is 1. The molecule has 2 aromatic carbocycles. The Balaban J connectivity index is 1.14. The van der Waals surface area contributed by atoms with Crippen LogP contribution in [0, 0.1) is 10.1 Å². The van der Waals surface area contributed by atoms with Crippen LogP contribution < -0.4 is 14.8 Å². The Bertz CT molecular complexity index is 1780. The van der Waals surface area contributed by atoms with Gasteiger partial charge in [0.25, 0.3) is 21.6 Å². The number of nitro benzene ring substituents is 1. The number of fused-ring (bicyclic) bond motifs is 1. The standard InChI is InChI=1S/C30H32N6O7S/c37-30(25-3-1-2-4-28(25)43-23-17-20-7-12-31-29(20)32-19-23)34-44(40,41)24-5-6-26(27(18-24)36(38)39)33-21-8-13-35(14-9-21)22-10-15-42-16-11-22/h1-7,12,17-19,21-22,33H,8-11,13-16H2,(H,31,32)(H,34,37). The van der Waals surface area contributed by atoms with Gasteiger partial charge in [-0.15, -0.1) is 0 Å². The zero-order chi connectivity index (χ0) is 30.7. The molecule has 0 radical (unpaired) electrons. The van der Waals surface area contributed by atoms with Crippen LogP contribution in [0.4, 0.5) is 11.4 Å². The van der Waals surface area contributed by atoms with E-state index in [0.717, 1.165) is 63.4 Å².